The van der Waals surface area contributed by atoms with Gasteiger partial charge < -0.3 is 4.98 Å². The molecule has 0 saturated carbocycles. The Labute approximate surface area is 161 Å². The summed E-state index contributed by atoms with van der Waals surface area (Å²) >= 11 is 1.79. The van der Waals surface area contributed by atoms with E-state index in [-0.39, 0.29) is 6.04 Å². The van der Waals surface area contributed by atoms with E-state index in [1.54, 1.807) is 24.3 Å². The number of H-pyrrole nitrogens is 1. The van der Waals surface area contributed by atoms with Crippen LogP contribution in [0.3, 0.4) is 0 Å². The van der Waals surface area contributed by atoms with Crippen LogP contribution in [0, 0.1) is 11.3 Å². The van der Waals surface area contributed by atoms with Crippen LogP contribution in [-0.2, 0) is 0 Å². The molecular weight excluding hydrogens is 356 g/mol. The van der Waals surface area contributed by atoms with Gasteiger partial charge in [-0.2, -0.15) is 10.4 Å². The maximum absolute atomic E-state index is 9.35. The topological polar surface area (TPSA) is 83.2 Å². The number of fused-ring (bicyclic) bond motifs is 1. The fourth-order valence-electron chi connectivity index (χ4n) is 3.16. The summed E-state index contributed by atoms with van der Waals surface area (Å²) in [5.74, 6) is 1.01. The van der Waals surface area contributed by atoms with Crippen molar-refractivity contribution < 1.29 is 0 Å². The molecule has 0 radical (unpaired) electrons. The monoisotopic (exact) mass is 374 g/mol. The SMILES string of the molecule is CCSc1cccc(C(CC#N)n2cc(-c3ncnc4[nH]ccc34)cn2)c1. The van der Waals surface area contributed by atoms with Crippen LogP contribution in [0.2, 0.25) is 0 Å². The van der Waals surface area contributed by atoms with E-state index in [2.05, 4.69) is 51.2 Å². The van der Waals surface area contributed by atoms with Crippen molar-refractivity contribution in [2.24, 2.45) is 0 Å². The van der Waals surface area contributed by atoms with Gasteiger partial charge in [0.15, 0.2) is 0 Å². The minimum Gasteiger partial charge on any atom is -0.346 e. The average Bonchev–Trinajstić information content (AvgIpc) is 3.36. The van der Waals surface area contributed by atoms with E-state index >= 15 is 0 Å². The smallest absolute Gasteiger partial charge is 0.141 e. The molecule has 0 spiro atoms. The van der Waals surface area contributed by atoms with E-state index in [0.717, 1.165) is 33.6 Å². The molecule has 1 N–H and O–H groups in total. The third-order valence-corrected chi connectivity index (χ3v) is 5.26. The predicted octanol–water partition coefficient (Wildman–Crippen LogP) is 4.44. The summed E-state index contributed by atoms with van der Waals surface area (Å²) in [5.41, 5.74) is 3.62. The van der Waals surface area contributed by atoms with Crippen LogP contribution in [0.15, 0.2) is 60.1 Å². The van der Waals surface area contributed by atoms with Gasteiger partial charge in [0, 0.05) is 28.2 Å². The summed E-state index contributed by atoms with van der Waals surface area (Å²) in [4.78, 5) is 13.0. The normalized spacial score (nSPS) is 12.1. The Morgan fingerprint density at radius 3 is 3.07 bits per heavy atom. The summed E-state index contributed by atoms with van der Waals surface area (Å²) in [7, 11) is 0. The van der Waals surface area contributed by atoms with Crippen LogP contribution >= 0.6 is 11.8 Å². The highest BCUT2D eigenvalue weighted by Crippen LogP contribution is 2.29. The van der Waals surface area contributed by atoms with Gasteiger partial charge in [-0.1, -0.05) is 19.1 Å². The maximum Gasteiger partial charge on any atom is 0.141 e. The molecule has 0 aliphatic heterocycles. The molecule has 1 atom stereocenters. The lowest BCUT2D eigenvalue weighted by Gasteiger charge is -2.16. The summed E-state index contributed by atoms with van der Waals surface area (Å²) in [6.07, 6.45) is 7.50. The Kier molecular flexibility index (Phi) is 4.90. The second-order valence-electron chi connectivity index (χ2n) is 6.05. The quantitative estimate of drug-likeness (QED) is 0.505. The fourth-order valence-corrected chi connectivity index (χ4v) is 3.89. The molecule has 3 aromatic heterocycles. The lowest BCUT2D eigenvalue weighted by Crippen LogP contribution is -2.10. The number of aromatic nitrogens is 5. The Balaban J connectivity index is 1.72. The summed E-state index contributed by atoms with van der Waals surface area (Å²) < 4.78 is 1.86. The first-order valence-corrected chi connectivity index (χ1v) is 9.71. The van der Waals surface area contributed by atoms with Gasteiger partial charge in [-0.15, -0.1) is 11.8 Å². The van der Waals surface area contributed by atoms with Gasteiger partial charge in [0.25, 0.3) is 0 Å². The molecule has 27 heavy (non-hydrogen) atoms. The lowest BCUT2D eigenvalue weighted by atomic mass is 10.0. The third kappa shape index (κ3) is 3.44. The Hall–Kier alpha value is -3.11. The van der Waals surface area contributed by atoms with Crippen molar-refractivity contribution in [1.82, 2.24) is 24.7 Å². The Morgan fingerprint density at radius 1 is 1.30 bits per heavy atom. The van der Waals surface area contributed by atoms with Crippen molar-refractivity contribution in [3.63, 3.8) is 0 Å². The molecular formula is C20H18N6S. The van der Waals surface area contributed by atoms with E-state index in [1.807, 2.05) is 29.2 Å². The van der Waals surface area contributed by atoms with Crippen LogP contribution in [0.4, 0.5) is 0 Å². The van der Waals surface area contributed by atoms with Crippen molar-refractivity contribution in [2.75, 3.05) is 5.75 Å². The molecule has 3 heterocycles. The van der Waals surface area contributed by atoms with E-state index in [0.29, 0.717) is 6.42 Å². The summed E-state index contributed by atoms with van der Waals surface area (Å²) in [6, 6.07) is 12.4. The highest BCUT2D eigenvalue weighted by molar-refractivity contribution is 7.99. The number of nitrogens with one attached hydrogen (secondary N) is 1. The number of benzene rings is 1. The Bertz CT molecular complexity index is 1110. The fraction of sp³-hybridized carbons (Fsp3) is 0.200. The molecule has 7 heteroatoms. The molecule has 0 aliphatic carbocycles. The van der Waals surface area contributed by atoms with Crippen LogP contribution < -0.4 is 0 Å². The van der Waals surface area contributed by atoms with Crippen molar-refractivity contribution in [3.05, 3.63) is 60.8 Å². The zero-order valence-corrected chi connectivity index (χ0v) is 15.6. The number of thioether (sulfide) groups is 1. The van der Waals surface area contributed by atoms with Gasteiger partial charge in [-0.05, 0) is 29.5 Å². The first-order valence-electron chi connectivity index (χ1n) is 8.72. The number of aromatic amines is 1. The lowest BCUT2D eigenvalue weighted by molar-refractivity contribution is 0.531. The molecule has 0 saturated heterocycles. The number of rotatable bonds is 6. The van der Waals surface area contributed by atoms with Crippen LogP contribution in [-0.4, -0.2) is 30.5 Å². The molecule has 1 aromatic carbocycles. The molecule has 6 nitrogen and oxygen atoms in total. The molecule has 0 bridgehead atoms. The van der Waals surface area contributed by atoms with E-state index in [1.165, 1.54) is 4.90 Å². The number of hydrogen-bond donors (Lipinski definition) is 1. The van der Waals surface area contributed by atoms with Crippen molar-refractivity contribution in [3.8, 4) is 17.3 Å². The van der Waals surface area contributed by atoms with Gasteiger partial charge in [0.1, 0.15) is 12.0 Å². The standard InChI is InChI=1S/C20H18N6S/c1-2-27-16-5-3-4-14(10-16)18(6-8-21)26-12-15(11-25-26)19-17-7-9-22-20(17)24-13-23-19/h3-5,7,9-13,18H,2,6H2,1H3,(H,22,23,24). The van der Waals surface area contributed by atoms with Crippen molar-refractivity contribution in [2.45, 2.75) is 24.3 Å². The maximum atomic E-state index is 9.35. The molecule has 1 unspecified atom stereocenters. The second kappa shape index (κ2) is 7.64. The van der Waals surface area contributed by atoms with Crippen molar-refractivity contribution in [1.29, 1.82) is 5.26 Å². The van der Waals surface area contributed by atoms with E-state index in [4.69, 9.17) is 0 Å². The van der Waals surface area contributed by atoms with Crippen molar-refractivity contribution >= 4 is 22.8 Å². The number of nitriles is 1. The summed E-state index contributed by atoms with van der Waals surface area (Å²) in [5, 5.41) is 14.8. The Morgan fingerprint density at radius 2 is 2.22 bits per heavy atom. The molecule has 4 aromatic rings. The molecule has 0 aliphatic rings. The van der Waals surface area contributed by atoms with Gasteiger partial charge in [-0.25, -0.2) is 9.97 Å². The minimum absolute atomic E-state index is 0.135. The molecule has 0 amide bonds. The largest absolute Gasteiger partial charge is 0.346 e. The van der Waals surface area contributed by atoms with Gasteiger partial charge in [0.05, 0.1) is 30.4 Å². The highest BCUT2D eigenvalue weighted by atomic mass is 32.2. The zero-order chi connectivity index (χ0) is 18.6. The van der Waals surface area contributed by atoms with Gasteiger partial charge >= 0.3 is 0 Å². The van der Waals surface area contributed by atoms with Gasteiger partial charge in [0.2, 0.25) is 0 Å². The average molecular weight is 374 g/mol. The molecule has 0 fully saturated rings. The number of hydrogen-bond acceptors (Lipinski definition) is 5. The first kappa shape index (κ1) is 17.3. The van der Waals surface area contributed by atoms with E-state index in [9.17, 15) is 5.26 Å². The minimum atomic E-state index is -0.135. The van der Waals surface area contributed by atoms with Crippen LogP contribution in [0.1, 0.15) is 24.9 Å². The number of nitrogens with zero attached hydrogens (tertiary/aromatic N) is 5. The highest BCUT2D eigenvalue weighted by Gasteiger charge is 2.17. The zero-order valence-electron chi connectivity index (χ0n) is 14.8. The predicted molar refractivity (Wildman–Crippen MR) is 106 cm³/mol. The first-order chi connectivity index (χ1) is 13.3. The third-order valence-electron chi connectivity index (χ3n) is 4.39. The summed E-state index contributed by atoms with van der Waals surface area (Å²) in [6.45, 7) is 2.13. The van der Waals surface area contributed by atoms with E-state index < -0.39 is 0 Å². The van der Waals surface area contributed by atoms with Crippen LogP contribution in [0.5, 0.6) is 0 Å². The molecule has 134 valence electrons. The molecule has 4 rings (SSSR count). The second-order valence-corrected chi connectivity index (χ2v) is 7.39. The van der Waals surface area contributed by atoms with Crippen LogP contribution in [0.25, 0.3) is 22.3 Å². The van der Waals surface area contributed by atoms with Gasteiger partial charge in [-0.3, -0.25) is 4.68 Å².